The van der Waals surface area contributed by atoms with Gasteiger partial charge in [-0.05, 0) is 43.0 Å². The minimum atomic E-state index is -0.630. The quantitative estimate of drug-likeness (QED) is 0.579. The van der Waals surface area contributed by atoms with Crippen LogP contribution in [0.2, 0.25) is 0 Å². The molecule has 1 saturated carbocycles. The number of nitrogens with zero attached hydrogens (tertiary/aromatic N) is 4. The molecule has 5 rings (SSSR count). The standard InChI is InChI=1S/C25H28N4O3/c1-17(30)25-26-9-10-29(25)14-20-13-24(32-27-20)19-6-3-18(4-7-19)5-8-21-22-15-28(11-12-31-2)16-23(21)22/h3-4,6-7,9-10,13,17,21-23,30H,11-12,14-16H2,1-2H3/t17-,21-,22-,23+/m0/s1. The van der Waals surface area contributed by atoms with E-state index in [1.165, 1.54) is 0 Å². The van der Waals surface area contributed by atoms with Gasteiger partial charge in [-0.1, -0.05) is 17.0 Å². The molecule has 7 heteroatoms. The second-order valence-corrected chi connectivity index (χ2v) is 8.72. The Balaban J connectivity index is 1.18. The zero-order valence-corrected chi connectivity index (χ0v) is 18.4. The van der Waals surface area contributed by atoms with Crippen molar-refractivity contribution in [3.63, 3.8) is 0 Å². The predicted octanol–water partition coefficient (Wildman–Crippen LogP) is 2.82. The van der Waals surface area contributed by atoms with E-state index in [2.05, 4.69) is 26.9 Å². The van der Waals surface area contributed by atoms with Crippen molar-refractivity contribution in [3.05, 3.63) is 59.8 Å². The van der Waals surface area contributed by atoms with Crippen molar-refractivity contribution in [1.82, 2.24) is 19.6 Å². The molecule has 2 aliphatic rings. The van der Waals surface area contributed by atoms with Gasteiger partial charge < -0.3 is 23.8 Å². The predicted molar refractivity (Wildman–Crippen MR) is 120 cm³/mol. The van der Waals surface area contributed by atoms with Gasteiger partial charge in [-0.3, -0.25) is 0 Å². The summed E-state index contributed by atoms with van der Waals surface area (Å²) < 4.78 is 12.6. The normalized spacial score (nSPS) is 22.9. The van der Waals surface area contributed by atoms with Gasteiger partial charge in [-0.25, -0.2) is 4.98 Å². The molecule has 3 heterocycles. The van der Waals surface area contributed by atoms with Gasteiger partial charge in [-0.15, -0.1) is 0 Å². The number of benzene rings is 1. The molecule has 32 heavy (non-hydrogen) atoms. The highest BCUT2D eigenvalue weighted by atomic mass is 16.5. The molecule has 1 N–H and O–H groups in total. The van der Waals surface area contributed by atoms with E-state index in [-0.39, 0.29) is 0 Å². The van der Waals surface area contributed by atoms with E-state index in [9.17, 15) is 5.11 Å². The maximum atomic E-state index is 9.81. The monoisotopic (exact) mass is 432 g/mol. The van der Waals surface area contributed by atoms with E-state index in [0.717, 1.165) is 54.9 Å². The molecule has 7 nitrogen and oxygen atoms in total. The third-order valence-electron chi connectivity index (χ3n) is 6.45. The zero-order valence-electron chi connectivity index (χ0n) is 18.4. The summed E-state index contributed by atoms with van der Waals surface area (Å²) in [5, 5.41) is 14.0. The Kier molecular flexibility index (Phi) is 5.83. The Morgan fingerprint density at radius 2 is 2.03 bits per heavy atom. The van der Waals surface area contributed by atoms with Crippen LogP contribution < -0.4 is 0 Å². The summed E-state index contributed by atoms with van der Waals surface area (Å²) >= 11 is 0. The van der Waals surface area contributed by atoms with Gasteiger partial charge in [0.15, 0.2) is 5.76 Å². The number of piperidine rings is 1. The summed E-state index contributed by atoms with van der Waals surface area (Å²) in [7, 11) is 1.76. The highest BCUT2D eigenvalue weighted by Gasteiger charge is 2.54. The maximum absolute atomic E-state index is 9.81. The molecule has 1 aromatic carbocycles. The van der Waals surface area contributed by atoms with Crippen molar-refractivity contribution in [2.45, 2.75) is 19.6 Å². The molecular formula is C25H28N4O3. The van der Waals surface area contributed by atoms with Crippen molar-refractivity contribution >= 4 is 0 Å². The van der Waals surface area contributed by atoms with Gasteiger partial charge in [0.2, 0.25) is 0 Å². The number of ether oxygens (including phenoxy) is 1. The van der Waals surface area contributed by atoms with E-state index < -0.39 is 6.10 Å². The van der Waals surface area contributed by atoms with Crippen molar-refractivity contribution in [3.8, 4) is 23.2 Å². The number of rotatable bonds is 7. The van der Waals surface area contributed by atoms with Crippen LogP contribution in [-0.4, -0.2) is 58.1 Å². The first-order valence-corrected chi connectivity index (χ1v) is 11.1. The third kappa shape index (κ3) is 4.35. The lowest BCUT2D eigenvalue weighted by Crippen LogP contribution is -2.27. The molecule has 2 fully saturated rings. The van der Waals surface area contributed by atoms with Crippen LogP contribution in [0.5, 0.6) is 0 Å². The summed E-state index contributed by atoms with van der Waals surface area (Å²) in [6.45, 7) is 6.33. The molecule has 1 aliphatic heterocycles. The van der Waals surface area contributed by atoms with Gasteiger partial charge in [0, 0.05) is 62.2 Å². The van der Waals surface area contributed by atoms with Crippen LogP contribution in [0.25, 0.3) is 11.3 Å². The lowest BCUT2D eigenvalue weighted by Gasteiger charge is -2.17. The highest BCUT2D eigenvalue weighted by molar-refractivity contribution is 5.59. The molecule has 166 valence electrons. The summed E-state index contributed by atoms with van der Waals surface area (Å²) in [6.07, 6.45) is 2.87. The molecule has 0 bridgehead atoms. The van der Waals surface area contributed by atoms with Crippen molar-refractivity contribution in [1.29, 1.82) is 0 Å². The van der Waals surface area contributed by atoms with Gasteiger partial charge in [0.1, 0.15) is 17.6 Å². The number of imidazole rings is 1. The minimum Gasteiger partial charge on any atom is -0.385 e. The summed E-state index contributed by atoms with van der Waals surface area (Å²) in [6, 6.07) is 10.0. The third-order valence-corrected chi connectivity index (χ3v) is 6.45. The number of aromatic nitrogens is 3. The number of aliphatic hydroxyl groups is 1. The Morgan fingerprint density at radius 3 is 2.75 bits per heavy atom. The lowest BCUT2D eigenvalue weighted by molar-refractivity contribution is 0.153. The number of methoxy groups -OCH3 is 1. The first kappa shape index (κ1) is 21.0. The van der Waals surface area contributed by atoms with E-state index >= 15 is 0 Å². The largest absolute Gasteiger partial charge is 0.385 e. The molecule has 2 aromatic heterocycles. The number of aliphatic hydroxyl groups excluding tert-OH is 1. The molecule has 3 aromatic rings. The molecule has 1 saturated heterocycles. The fourth-order valence-corrected chi connectivity index (χ4v) is 4.63. The smallest absolute Gasteiger partial charge is 0.167 e. The molecular weight excluding hydrogens is 404 g/mol. The zero-order chi connectivity index (χ0) is 22.1. The number of hydrogen-bond donors (Lipinski definition) is 1. The molecule has 4 atom stereocenters. The van der Waals surface area contributed by atoms with Crippen LogP contribution >= 0.6 is 0 Å². The first-order valence-electron chi connectivity index (χ1n) is 11.1. The van der Waals surface area contributed by atoms with Crippen LogP contribution in [0, 0.1) is 29.6 Å². The second kappa shape index (κ2) is 8.91. The Bertz CT molecular complexity index is 1110. The van der Waals surface area contributed by atoms with Gasteiger partial charge in [0.25, 0.3) is 0 Å². The van der Waals surface area contributed by atoms with Crippen molar-refractivity contribution in [2.24, 2.45) is 17.8 Å². The molecule has 1 aliphatic carbocycles. The van der Waals surface area contributed by atoms with E-state index in [1.54, 1.807) is 20.2 Å². The highest BCUT2D eigenvalue weighted by Crippen LogP contribution is 2.51. The van der Waals surface area contributed by atoms with Gasteiger partial charge in [0.05, 0.1) is 13.2 Å². The van der Waals surface area contributed by atoms with Gasteiger partial charge >= 0.3 is 0 Å². The topological polar surface area (TPSA) is 76.5 Å². The number of likely N-dealkylation sites (tertiary alicyclic amines) is 1. The Morgan fingerprint density at radius 1 is 1.25 bits per heavy atom. The molecule has 0 radical (unpaired) electrons. The second-order valence-electron chi connectivity index (χ2n) is 8.72. The molecule has 0 amide bonds. The number of fused-ring (bicyclic) bond motifs is 1. The number of hydrogen-bond acceptors (Lipinski definition) is 6. The molecule has 0 unspecified atom stereocenters. The Labute approximate surface area is 188 Å². The van der Waals surface area contributed by atoms with Crippen LogP contribution in [0.4, 0.5) is 0 Å². The van der Waals surface area contributed by atoms with E-state index in [1.807, 2.05) is 41.1 Å². The van der Waals surface area contributed by atoms with E-state index in [0.29, 0.717) is 24.0 Å². The fraction of sp³-hybridized carbons (Fsp3) is 0.440. The van der Waals surface area contributed by atoms with Crippen LogP contribution in [0.15, 0.2) is 47.2 Å². The van der Waals surface area contributed by atoms with Crippen LogP contribution in [0.1, 0.15) is 30.1 Å². The lowest BCUT2D eigenvalue weighted by atomic mass is 10.1. The van der Waals surface area contributed by atoms with Crippen LogP contribution in [-0.2, 0) is 11.3 Å². The Hall–Kier alpha value is -2.92. The van der Waals surface area contributed by atoms with E-state index in [4.69, 9.17) is 9.26 Å². The van der Waals surface area contributed by atoms with Crippen molar-refractivity contribution in [2.75, 3.05) is 33.4 Å². The average molecular weight is 433 g/mol. The average Bonchev–Trinajstić information content (AvgIpc) is 3.28. The summed E-state index contributed by atoms with van der Waals surface area (Å²) in [5.74, 6) is 10.2. The van der Waals surface area contributed by atoms with Gasteiger partial charge in [-0.2, -0.15) is 0 Å². The summed E-state index contributed by atoms with van der Waals surface area (Å²) in [4.78, 5) is 6.67. The minimum absolute atomic E-state index is 0.500. The fourth-order valence-electron chi connectivity index (χ4n) is 4.63. The SMILES string of the molecule is COCCN1C[C@@H]2[C@@H](C#Cc3ccc(-c4cc(Cn5ccnc5[C@H](C)O)no4)cc3)[C@@H]2C1. The molecule has 0 spiro atoms. The maximum Gasteiger partial charge on any atom is 0.167 e. The first-order chi connectivity index (χ1) is 15.6. The van der Waals surface area contributed by atoms with Crippen molar-refractivity contribution < 1.29 is 14.4 Å². The summed E-state index contributed by atoms with van der Waals surface area (Å²) in [5.41, 5.74) is 2.77. The van der Waals surface area contributed by atoms with Crippen LogP contribution in [0.3, 0.4) is 0 Å².